The minimum Gasteiger partial charge on any atom is -0.454 e. The lowest BCUT2D eigenvalue weighted by Gasteiger charge is -2.36. The SMILES string of the molecule is Cc1ccc2c(c1)C(N1CCN(S(=O)(=O)c3ccc(C(C)(C)C)cc3)CC1)=Nc1ccccc1O2. The molecule has 0 unspecified atom stereocenters. The highest BCUT2D eigenvalue weighted by molar-refractivity contribution is 7.89. The molecule has 0 bridgehead atoms. The molecule has 7 heteroatoms. The Morgan fingerprint density at radius 1 is 0.857 bits per heavy atom. The molecule has 0 atom stereocenters. The number of hydrogen-bond donors (Lipinski definition) is 0. The number of aliphatic imine (C=N–C) groups is 1. The number of rotatable bonds is 2. The van der Waals surface area contributed by atoms with Crippen molar-refractivity contribution in [3.63, 3.8) is 0 Å². The summed E-state index contributed by atoms with van der Waals surface area (Å²) < 4.78 is 34.5. The van der Waals surface area contributed by atoms with Crippen LogP contribution >= 0.6 is 0 Å². The predicted octanol–water partition coefficient (Wildman–Crippen LogP) is 5.48. The zero-order valence-corrected chi connectivity index (χ0v) is 21.5. The summed E-state index contributed by atoms with van der Waals surface area (Å²) in [5.74, 6) is 2.29. The van der Waals surface area contributed by atoms with Crippen molar-refractivity contribution in [1.29, 1.82) is 0 Å². The first-order valence-corrected chi connectivity index (χ1v) is 13.4. The van der Waals surface area contributed by atoms with E-state index in [9.17, 15) is 8.42 Å². The second-order valence-corrected chi connectivity index (χ2v) is 12.1. The maximum atomic E-state index is 13.4. The van der Waals surface area contributed by atoms with Crippen LogP contribution in [0.2, 0.25) is 0 Å². The van der Waals surface area contributed by atoms with Gasteiger partial charge in [-0.3, -0.25) is 0 Å². The van der Waals surface area contributed by atoms with E-state index in [0.29, 0.717) is 36.8 Å². The van der Waals surface area contributed by atoms with Crippen LogP contribution in [0, 0.1) is 6.92 Å². The Morgan fingerprint density at radius 3 is 2.23 bits per heavy atom. The van der Waals surface area contributed by atoms with Gasteiger partial charge in [0.15, 0.2) is 5.75 Å². The van der Waals surface area contributed by atoms with Crippen LogP contribution in [0.4, 0.5) is 5.69 Å². The summed E-state index contributed by atoms with van der Waals surface area (Å²) >= 11 is 0. The fourth-order valence-corrected chi connectivity index (χ4v) is 5.92. The first-order valence-electron chi connectivity index (χ1n) is 12.0. The van der Waals surface area contributed by atoms with Crippen LogP contribution in [-0.4, -0.2) is 49.6 Å². The van der Waals surface area contributed by atoms with Crippen molar-refractivity contribution in [3.05, 3.63) is 83.4 Å². The van der Waals surface area contributed by atoms with Gasteiger partial charge >= 0.3 is 0 Å². The topological polar surface area (TPSA) is 62.2 Å². The number of para-hydroxylation sites is 2. The van der Waals surface area contributed by atoms with E-state index in [0.717, 1.165) is 34.0 Å². The summed E-state index contributed by atoms with van der Waals surface area (Å²) in [6.45, 7) is 10.3. The maximum Gasteiger partial charge on any atom is 0.243 e. The number of hydrogen-bond acceptors (Lipinski definition) is 5. The molecule has 0 amide bonds. The molecule has 2 aliphatic rings. The third-order valence-corrected chi connectivity index (χ3v) is 8.50. The van der Waals surface area contributed by atoms with Gasteiger partial charge in [-0.15, -0.1) is 0 Å². The number of sulfonamides is 1. The number of benzene rings is 3. The molecule has 3 aromatic rings. The van der Waals surface area contributed by atoms with Crippen molar-refractivity contribution < 1.29 is 13.2 Å². The molecule has 3 aromatic carbocycles. The van der Waals surface area contributed by atoms with Crippen LogP contribution in [0.1, 0.15) is 37.5 Å². The first-order chi connectivity index (χ1) is 16.6. The third kappa shape index (κ3) is 4.58. The maximum absolute atomic E-state index is 13.4. The molecule has 0 saturated carbocycles. The molecule has 1 saturated heterocycles. The molecular weight excluding hydrogens is 458 g/mol. The fraction of sp³-hybridized carbons (Fsp3) is 0.321. The number of amidine groups is 1. The minimum atomic E-state index is -3.56. The van der Waals surface area contributed by atoms with Crippen LogP contribution in [0.5, 0.6) is 11.5 Å². The molecule has 1 fully saturated rings. The van der Waals surface area contributed by atoms with Gasteiger partial charge in [0.25, 0.3) is 0 Å². The molecule has 0 radical (unpaired) electrons. The van der Waals surface area contributed by atoms with Crippen molar-refractivity contribution in [1.82, 2.24) is 9.21 Å². The fourth-order valence-electron chi connectivity index (χ4n) is 4.49. The van der Waals surface area contributed by atoms with Gasteiger partial charge in [0, 0.05) is 26.2 Å². The first kappa shape index (κ1) is 23.6. The molecule has 0 aliphatic carbocycles. The largest absolute Gasteiger partial charge is 0.454 e. The Morgan fingerprint density at radius 2 is 1.54 bits per heavy atom. The van der Waals surface area contributed by atoms with E-state index in [1.165, 1.54) is 0 Å². The molecule has 35 heavy (non-hydrogen) atoms. The van der Waals surface area contributed by atoms with Gasteiger partial charge in [-0.05, 0) is 54.3 Å². The van der Waals surface area contributed by atoms with E-state index >= 15 is 0 Å². The van der Waals surface area contributed by atoms with E-state index in [1.54, 1.807) is 16.4 Å². The summed E-state index contributed by atoms with van der Waals surface area (Å²) in [6, 6.07) is 21.1. The van der Waals surface area contributed by atoms with Gasteiger partial charge in [0.2, 0.25) is 10.0 Å². The van der Waals surface area contributed by atoms with Crippen molar-refractivity contribution in [2.75, 3.05) is 26.2 Å². The number of piperazine rings is 1. The van der Waals surface area contributed by atoms with Gasteiger partial charge in [-0.1, -0.05) is 56.7 Å². The number of ether oxygens (including phenoxy) is 1. The van der Waals surface area contributed by atoms with Crippen LogP contribution < -0.4 is 4.74 Å². The Kier molecular flexibility index (Phi) is 5.93. The zero-order valence-electron chi connectivity index (χ0n) is 20.7. The van der Waals surface area contributed by atoms with Gasteiger partial charge in [-0.25, -0.2) is 13.4 Å². The van der Waals surface area contributed by atoms with E-state index in [4.69, 9.17) is 9.73 Å². The Hall–Kier alpha value is -3.16. The molecule has 5 rings (SSSR count). The smallest absolute Gasteiger partial charge is 0.243 e. The normalized spacial score (nSPS) is 16.6. The van der Waals surface area contributed by atoms with Crippen LogP contribution in [0.25, 0.3) is 0 Å². The van der Waals surface area contributed by atoms with Gasteiger partial charge in [0.05, 0.1) is 10.5 Å². The lowest BCUT2D eigenvalue weighted by molar-refractivity contribution is 0.266. The summed E-state index contributed by atoms with van der Waals surface area (Å²) in [4.78, 5) is 7.48. The van der Waals surface area contributed by atoms with Crippen molar-refractivity contribution >= 4 is 21.5 Å². The number of fused-ring (bicyclic) bond motifs is 2. The average molecular weight is 490 g/mol. The van der Waals surface area contributed by atoms with Gasteiger partial charge in [-0.2, -0.15) is 4.31 Å². The average Bonchev–Trinajstić information content (AvgIpc) is 3.00. The Balaban J connectivity index is 1.40. The van der Waals surface area contributed by atoms with Gasteiger partial charge < -0.3 is 9.64 Å². The number of nitrogens with zero attached hydrogens (tertiary/aromatic N) is 3. The van der Waals surface area contributed by atoms with Crippen LogP contribution in [0.15, 0.2) is 76.6 Å². The van der Waals surface area contributed by atoms with E-state index in [-0.39, 0.29) is 5.41 Å². The molecular formula is C28H31N3O3S. The van der Waals surface area contributed by atoms with E-state index in [2.05, 4.69) is 31.7 Å². The van der Waals surface area contributed by atoms with Gasteiger partial charge in [0.1, 0.15) is 17.3 Å². The minimum absolute atomic E-state index is 0.0235. The van der Waals surface area contributed by atoms with Crippen LogP contribution in [-0.2, 0) is 15.4 Å². The lowest BCUT2D eigenvalue weighted by Crippen LogP contribution is -2.50. The third-order valence-electron chi connectivity index (χ3n) is 6.58. The molecule has 6 nitrogen and oxygen atoms in total. The summed E-state index contributed by atoms with van der Waals surface area (Å²) in [5, 5.41) is 0. The van der Waals surface area contributed by atoms with Crippen molar-refractivity contribution in [2.24, 2.45) is 4.99 Å². The lowest BCUT2D eigenvalue weighted by atomic mass is 9.87. The highest BCUT2D eigenvalue weighted by Crippen LogP contribution is 2.38. The molecule has 0 N–H and O–H groups in total. The zero-order chi connectivity index (χ0) is 24.8. The van der Waals surface area contributed by atoms with E-state index < -0.39 is 10.0 Å². The predicted molar refractivity (Wildman–Crippen MR) is 139 cm³/mol. The summed E-state index contributed by atoms with van der Waals surface area (Å²) in [6.07, 6.45) is 0. The molecule has 2 aliphatic heterocycles. The van der Waals surface area contributed by atoms with Crippen molar-refractivity contribution in [2.45, 2.75) is 38.0 Å². The molecule has 0 aromatic heterocycles. The monoisotopic (exact) mass is 489 g/mol. The van der Waals surface area contributed by atoms with Crippen LogP contribution in [0.3, 0.4) is 0 Å². The summed E-state index contributed by atoms with van der Waals surface area (Å²) in [5.41, 5.74) is 3.90. The van der Waals surface area contributed by atoms with E-state index in [1.807, 2.05) is 55.5 Å². The molecule has 182 valence electrons. The Bertz CT molecular complexity index is 1380. The quantitative estimate of drug-likeness (QED) is 0.478. The van der Waals surface area contributed by atoms with Crippen molar-refractivity contribution in [3.8, 4) is 11.5 Å². The standard InChI is InChI=1S/C28H31N3O3S/c1-20-9-14-25-23(19-20)27(29-24-7-5-6-8-26(24)34-25)30-15-17-31(18-16-30)35(32,33)22-12-10-21(11-13-22)28(2,3)4/h5-14,19H,15-18H2,1-4H3. The second-order valence-electron chi connectivity index (χ2n) is 10.2. The second kappa shape index (κ2) is 8.81. The highest BCUT2D eigenvalue weighted by atomic mass is 32.2. The number of aryl methyl sites for hydroxylation is 1. The molecule has 0 spiro atoms. The molecule has 2 heterocycles. The summed E-state index contributed by atoms with van der Waals surface area (Å²) in [7, 11) is -3.56. The Labute approximate surface area is 207 Å². The highest BCUT2D eigenvalue weighted by Gasteiger charge is 2.32.